The van der Waals surface area contributed by atoms with E-state index in [9.17, 15) is 4.79 Å². The van der Waals surface area contributed by atoms with Crippen LogP contribution >= 0.6 is 0 Å². The number of likely N-dealkylation sites (tertiary alicyclic amines) is 1. The van der Waals surface area contributed by atoms with Crippen LogP contribution in [-0.2, 0) is 0 Å². The first-order valence-corrected chi connectivity index (χ1v) is 7.24. The number of rotatable bonds is 2. The summed E-state index contributed by atoms with van der Waals surface area (Å²) in [5.41, 5.74) is 1.73. The molecule has 1 saturated heterocycles. The van der Waals surface area contributed by atoms with Crippen molar-refractivity contribution in [3.05, 3.63) is 30.0 Å². The zero-order valence-corrected chi connectivity index (χ0v) is 11.8. The number of fused-ring (bicyclic) bond motifs is 1. The molecule has 0 radical (unpaired) electrons. The predicted octanol–water partition coefficient (Wildman–Crippen LogP) is 3.19. The quantitative estimate of drug-likeness (QED) is 0.912. The minimum Gasteiger partial charge on any atom is -0.497 e. The highest BCUT2D eigenvalue weighted by atomic mass is 16.5. The highest BCUT2D eigenvalue weighted by molar-refractivity contribution is 6.07. The van der Waals surface area contributed by atoms with Crippen LogP contribution in [0.4, 0.5) is 0 Å². The van der Waals surface area contributed by atoms with Crippen molar-refractivity contribution in [1.29, 1.82) is 0 Å². The predicted molar refractivity (Wildman–Crippen MR) is 79.2 cm³/mol. The molecular weight excluding hydrogens is 252 g/mol. The van der Waals surface area contributed by atoms with Gasteiger partial charge in [-0.2, -0.15) is 0 Å². The summed E-state index contributed by atoms with van der Waals surface area (Å²) in [7, 11) is 1.64. The Bertz CT molecular complexity index is 610. The fourth-order valence-corrected chi connectivity index (χ4v) is 2.85. The number of hydrogen-bond donors (Lipinski definition) is 1. The third-order valence-corrected chi connectivity index (χ3v) is 4.01. The lowest BCUT2D eigenvalue weighted by Gasteiger charge is -2.19. The van der Waals surface area contributed by atoms with Gasteiger partial charge in [-0.15, -0.1) is 0 Å². The number of nitrogens with zero attached hydrogens (tertiary/aromatic N) is 1. The molecule has 1 aliphatic rings. The zero-order chi connectivity index (χ0) is 13.9. The van der Waals surface area contributed by atoms with Crippen molar-refractivity contribution >= 4 is 16.8 Å². The number of amides is 1. The van der Waals surface area contributed by atoms with E-state index in [2.05, 4.69) is 4.98 Å². The number of carbonyl (C=O) groups excluding carboxylic acids is 1. The monoisotopic (exact) mass is 272 g/mol. The maximum Gasteiger partial charge on any atom is 0.256 e. The van der Waals surface area contributed by atoms with E-state index >= 15 is 0 Å². The molecule has 4 nitrogen and oxygen atoms in total. The SMILES string of the molecule is COc1ccc2[nH]cc(C(=O)N3CCCCCC3)c2c1. The molecule has 0 unspecified atom stereocenters. The Morgan fingerprint density at radius 3 is 2.65 bits per heavy atom. The second kappa shape index (κ2) is 5.57. The molecule has 1 N–H and O–H groups in total. The summed E-state index contributed by atoms with van der Waals surface area (Å²) in [5, 5.41) is 0.943. The summed E-state index contributed by atoms with van der Waals surface area (Å²) in [6.45, 7) is 1.74. The van der Waals surface area contributed by atoms with Gasteiger partial charge in [-0.3, -0.25) is 4.79 Å². The maximum absolute atomic E-state index is 12.7. The van der Waals surface area contributed by atoms with Crippen LogP contribution in [0, 0.1) is 0 Å². The van der Waals surface area contributed by atoms with Gasteiger partial charge in [-0.1, -0.05) is 12.8 Å². The van der Waals surface area contributed by atoms with E-state index < -0.39 is 0 Å². The summed E-state index contributed by atoms with van der Waals surface area (Å²) in [6, 6.07) is 5.78. The summed E-state index contributed by atoms with van der Waals surface area (Å²) >= 11 is 0. The summed E-state index contributed by atoms with van der Waals surface area (Å²) < 4.78 is 5.25. The summed E-state index contributed by atoms with van der Waals surface area (Å²) in [6.07, 6.45) is 6.49. The number of aromatic nitrogens is 1. The molecular formula is C16H20N2O2. The normalized spacial score (nSPS) is 16.1. The maximum atomic E-state index is 12.7. The van der Waals surface area contributed by atoms with Gasteiger partial charge in [0.2, 0.25) is 0 Å². The van der Waals surface area contributed by atoms with Crippen molar-refractivity contribution < 1.29 is 9.53 Å². The van der Waals surface area contributed by atoms with Gasteiger partial charge in [0.1, 0.15) is 5.75 Å². The summed E-state index contributed by atoms with van der Waals surface area (Å²) in [5.74, 6) is 0.911. The Balaban J connectivity index is 1.94. The van der Waals surface area contributed by atoms with E-state index in [1.807, 2.05) is 29.3 Å². The largest absolute Gasteiger partial charge is 0.497 e. The molecule has 1 aromatic carbocycles. The average Bonchev–Trinajstić information content (AvgIpc) is 2.71. The molecule has 3 rings (SSSR count). The van der Waals surface area contributed by atoms with E-state index in [-0.39, 0.29) is 5.91 Å². The lowest BCUT2D eigenvalue weighted by atomic mass is 10.1. The van der Waals surface area contributed by atoms with Crippen LogP contribution in [0.15, 0.2) is 24.4 Å². The molecule has 0 saturated carbocycles. The van der Waals surface area contributed by atoms with Crippen LogP contribution < -0.4 is 4.74 Å². The highest BCUT2D eigenvalue weighted by Crippen LogP contribution is 2.25. The van der Waals surface area contributed by atoms with Crippen LogP contribution in [0.2, 0.25) is 0 Å². The fraction of sp³-hybridized carbons (Fsp3) is 0.438. The Kier molecular flexibility index (Phi) is 3.63. The molecule has 1 aromatic heterocycles. The first-order valence-electron chi connectivity index (χ1n) is 7.24. The van der Waals surface area contributed by atoms with Crippen LogP contribution in [0.1, 0.15) is 36.0 Å². The van der Waals surface area contributed by atoms with Crippen molar-refractivity contribution in [2.75, 3.05) is 20.2 Å². The molecule has 1 aliphatic heterocycles. The third kappa shape index (κ3) is 2.38. The van der Waals surface area contributed by atoms with E-state index in [4.69, 9.17) is 4.74 Å². The molecule has 0 aliphatic carbocycles. The van der Waals surface area contributed by atoms with Gasteiger partial charge in [0.05, 0.1) is 12.7 Å². The molecule has 1 fully saturated rings. The van der Waals surface area contributed by atoms with Crippen LogP contribution in [0.25, 0.3) is 10.9 Å². The molecule has 4 heteroatoms. The molecule has 0 spiro atoms. The molecule has 20 heavy (non-hydrogen) atoms. The molecule has 2 heterocycles. The van der Waals surface area contributed by atoms with Gasteiger partial charge >= 0.3 is 0 Å². The van der Waals surface area contributed by atoms with Crippen molar-refractivity contribution in [2.24, 2.45) is 0 Å². The summed E-state index contributed by atoms with van der Waals surface area (Å²) in [4.78, 5) is 17.8. The topological polar surface area (TPSA) is 45.3 Å². The van der Waals surface area contributed by atoms with Gasteiger partial charge in [-0.25, -0.2) is 0 Å². The molecule has 1 amide bonds. The van der Waals surface area contributed by atoms with Crippen LogP contribution in [-0.4, -0.2) is 36.0 Å². The molecule has 0 atom stereocenters. The van der Waals surface area contributed by atoms with Gasteiger partial charge < -0.3 is 14.6 Å². The Morgan fingerprint density at radius 2 is 1.95 bits per heavy atom. The number of nitrogens with one attached hydrogen (secondary N) is 1. The Morgan fingerprint density at radius 1 is 1.20 bits per heavy atom. The van der Waals surface area contributed by atoms with Crippen molar-refractivity contribution in [2.45, 2.75) is 25.7 Å². The lowest BCUT2D eigenvalue weighted by Crippen LogP contribution is -2.31. The first-order chi connectivity index (χ1) is 9.79. The number of H-pyrrole nitrogens is 1. The average molecular weight is 272 g/mol. The number of aromatic amines is 1. The molecule has 0 bridgehead atoms. The lowest BCUT2D eigenvalue weighted by molar-refractivity contribution is 0.0763. The molecule has 2 aromatic rings. The van der Waals surface area contributed by atoms with Crippen molar-refractivity contribution in [3.8, 4) is 5.75 Å². The minimum atomic E-state index is 0.131. The van der Waals surface area contributed by atoms with E-state index in [1.54, 1.807) is 7.11 Å². The number of benzene rings is 1. The van der Waals surface area contributed by atoms with Crippen LogP contribution in [0.5, 0.6) is 5.75 Å². The number of ether oxygens (including phenoxy) is 1. The Labute approximate surface area is 118 Å². The molecule has 106 valence electrons. The van der Waals surface area contributed by atoms with Crippen LogP contribution in [0.3, 0.4) is 0 Å². The van der Waals surface area contributed by atoms with Gasteiger partial charge in [0, 0.05) is 30.2 Å². The van der Waals surface area contributed by atoms with Gasteiger partial charge in [-0.05, 0) is 31.0 Å². The zero-order valence-electron chi connectivity index (χ0n) is 11.8. The van der Waals surface area contributed by atoms with Crippen molar-refractivity contribution in [1.82, 2.24) is 9.88 Å². The fourth-order valence-electron chi connectivity index (χ4n) is 2.85. The second-order valence-corrected chi connectivity index (χ2v) is 5.32. The van der Waals surface area contributed by atoms with Crippen molar-refractivity contribution in [3.63, 3.8) is 0 Å². The van der Waals surface area contributed by atoms with E-state index in [1.165, 1.54) is 12.8 Å². The number of methoxy groups -OCH3 is 1. The van der Waals surface area contributed by atoms with E-state index in [0.29, 0.717) is 0 Å². The Hall–Kier alpha value is -1.97. The highest BCUT2D eigenvalue weighted by Gasteiger charge is 2.20. The second-order valence-electron chi connectivity index (χ2n) is 5.32. The van der Waals surface area contributed by atoms with Gasteiger partial charge in [0.25, 0.3) is 5.91 Å². The number of carbonyl (C=O) groups is 1. The van der Waals surface area contributed by atoms with Gasteiger partial charge in [0.15, 0.2) is 0 Å². The third-order valence-electron chi connectivity index (χ3n) is 4.01. The standard InChI is InChI=1S/C16H20N2O2/c1-20-12-6-7-15-13(10-12)14(11-17-15)16(19)18-8-4-2-3-5-9-18/h6-7,10-11,17H,2-5,8-9H2,1H3. The smallest absolute Gasteiger partial charge is 0.256 e. The number of hydrogen-bond acceptors (Lipinski definition) is 2. The first kappa shape index (κ1) is 13.0. The van der Waals surface area contributed by atoms with E-state index in [0.717, 1.165) is 48.1 Å². The minimum absolute atomic E-state index is 0.131.